The van der Waals surface area contributed by atoms with Crippen LogP contribution in [0.25, 0.3) is 0 Å². The molecule has 0 saturated carbocycles. The van der Waals surface area contributed by atoms with E-state index in [0.717, 1.165) is 56.2 Å². The normalized spacial score (nSPS) is 11.2. The van der Waals surface area contributed by atoms with E-state index in [1.54, 1.807) is 6.07 Å². The van der Waals surface area contributed by atoms with Crippen molar-refractivity contribution < 1.29 is 19.1 Å². The standard InChI is InChI=1S/C33H54O4/c1-3-5-7-8-9-10-11-12-13-14-15-16-17-18-19-23-29-36-32(34)27-28-33(35)37-31-26-22-21-25-30(31)24-20-6-4-2/h21-22,25-28H,3-20,23-24,29H2,1-2H3. The number of para-hydroxylation sites is 1. The summed E-state index contributed by atoms with van der Waals surface area (Å²) in [6.45, 7) is 4.84. The molecule has 1 rings (SSSR count). The number of benzene rings is 1. The van der Waals surface area contributed by atoms with Crippen LogP contribution in [-0.4, -0.2) is 18.5 Å². The first-order valence-corrected chi connectivity index (χ1v) is 15.3. The number of hydrogen-bond acceptors (Lipinski definition) is 4. The minimum absolute atomic E-state index is 0.400. The Kier molecular flexibility index (Phi) is 21.6. The molecule has 0 bridgehead atoms. The van der Waals surface area contributed by atoms with Gasteiger partial charge in [0.2, 0.25) is 0 Å². The zero-order valence-corrected chi connectivity index (χ0v) is 23.9. The Bertz CT molecular complexity index is 725. The van der Waals surface area contributed by atoms with Crippen molar-refractivity contribution in [2.24, 2.45) is 0 Å². The van der Waals surface area contributed by atoms with Gasteiger partial charge in [0.1, 0.15) is 5.75 Å². The topological polar surface area (TPSA) is 52.6 Å². The van der Waals surface area contributed by atoms with Crippen LogP contribution in [0, 0.1) is 0 Å². The van der Waals surface area contributed by atoms with E-state index in [0.29, 0.717) is 12.4 Å². The summed E-state index contributed by atoms with van der Waals surface area (Å²) in [4.78, 5) is 24.0. The molecule has 0 spiro atoms. The van der Waals surface area contributed by atoms with E-state index in [1.807, 2.05) is 18.2 Å². The summed E-state index contributed by atoms with van der Waals surface area (Å²) >= 11 is 0. The molecule has 0 saturated heterocycles. The lowest BCUT2D eigenvalue weighted by Crippen LogP contribution is -2.08. The van der Waals surface area contributed by atoms with Gasteiger partial charge in [0.05, 0.1) is 6.61 Å². The number of aryl methyl sites for hydroxylation is 1. The lowest BCUT2D eigenvalue weighted by atomic mass is 10.0. The molecule has 0 aliphatic heterocycles. The highest BCUT2D eigenvalue weighted by molar-refractivity contribution is 5.92. The first kappa shape index (κ1) is 32.9. The summed E-state index contributed by atoms with van der Waals surface area (Å²) in [6.07, 6.45) is 27.6. The van der Waals surface area contributed by atoms with Gasteiger partial charge >= 0.3 is 11.9 Å². The maximum atomic E-state index is 12.1. The molecule has 0 unspecified atom stereocenters. The van der Waals surface area contributed by atoms with E-state index in [-0.39, 0.29) is 0 Å². The number of carbonyl (C=O) groups excluding carboxylic acids is 2. The van der Waals surface area contributed by atoms with Crippen molar-refractivity contribution in [1.29, 1.82) is 0 Å². The quantitative estimate of drug-likeness (QED) is 0.0596. The minimum Gasteiger partial charge on any atom is -0.463 e. The maximum absolute atomic E-state index is 12.1. The largest absolute Gasteiger partial charge is 0.463 e. The van der Waals surface area contributed by atoms with Gasteiger partial charge in [0, 0.05) is 12.2 Å². The number of ether oxygens (including phenoxy) is 2. The number of esters is 2. The molecule has 1 aromatic rings. The second-order valence-electron chi connectivity index (χ2n) is 10.3. The molecule has 1 aromatic carbocycles. The molecular formula is C33H54O4. The van der Waals surface area contributed by atoms with Gasteiger partial charge < -0.3 is 9.47 Å². The first-order valence-electron chi connectivity index (χ1n) is 15.3. The van der Waals surface area contributed by atoms with Crippen LogP contribution < -0.4 is 4.74 Å². The number of rotatable bonds is 24. The molecule has 0 aliphatic rings. The molecule has 0 radical (unpaired) electrons. The number of hydrogen-bond donors (Lipinski definition) is 0. The van der Waals surface area contributed by atoms with Gasteiger partial charge in [0.15, 0.2) is 0 Å². The average molecular weight is 515 g/mol. The van der Waals surface area contributed by atoms with Crippen molar-refractivity contribution in [2.75, 3.05) is 6.61 Å². The van der Waals surface area contributed by atoms with Crippen LogP contribution in [0.2, 0.25) is 0 Å². The highest BCUT2D eigenvalue weighted by Crippen LogP contribution is 2.21. The summed E-state index contributed by atoms with van der Waals surface area (Å²) in [6, 6.07) is 7.57. The van der Waals surface area contributed by atoms with Crippen LogP contribution in [0.5, 0.6) is 5.75 Å². The summed E-state index contributed by atoms with van der Waals surface area (Å²) in [7, 11) is 0. The number of unbranched alkanes of at least 4 members (excludes halogenated alkanes) is 17. The Hall–Kier alpha value is -2.10. The Morgan fingerprint density at radius 1 is 0.595 bits per heavy atom. The summed E-state index contributed by atoms with van der Waals surface area (Å²) < 4.78 is 10.6. The van der Waals surface area contributed by atoms with Gasteiger partial charge in [-0.15, -0.1) is 0 Å². The third-order valence-electron chi connectivity index (χ3n) is 6.83. The highest BCUT2D eigenvalue weighted by atomic mass is 16.5. The Morgan fingerprint density at radius 2 is 1.05 bits per heavy atom. The SMILES string of the molecule is CCCCCCCCCCCCCCCCCCOC(=O)C=CC(=O)Oc1ccccc1CCCCC. The first-order chi connectivity index (χ1) is 18.2. The third kappa shape index (κ3) is 19.6. The van der Waals surface area contributed by atoms with E-state index in [2.05, 4.69) is 13.8 Å². The monoisotopic (exact) mass is 514 g/mol. The van der Waals surface area contributed by atoms with E-state index in [1.165, 1.54) is 89.9 Å². The zero-order valence-electron chi connectivity index (χ0n) is 23.9. The summed E-state index contributed by atoms with van der Waals surface area (Å²) in [5, 5.41) is 0. The maximum Gasteiger partial charge on any atom is 0.336 e. The molecule has 210 valence electrons. The molecule has 0 heterocycles. The molecular weight excluding hydrogens is 460 g/mol. The van der Waals surface area contributed by atoms with E-state index >= 15 is 0 Å². The molecule has 0 aromatic heterocycles. The van der Waals surface area contributed by atoms with Gasteiger partial charge in [-0.1, -0.05) is 141 Å². The molecule has 0 fully saturated rings. The van der Waals surface area contributed by atoms with Gasteiger partial charge in [0.25, 0.3) is 0 Å². The zero-order chi connectivity index (χ0) is 26.8. The van der Waals surface area contributed by atoms with Gasteiger partial charge in [-0.25, -0.2) is 9.59 Å². The molecule has 0 atom stereocenters. The van der Waals surface area contributed by atoms with Crippen LogP contribution in [0.4, 0.5) is 0 Å². The molecule has 0 aliphatic carbocycles. The molecule has 0 N–H and O–H groups in total. The smallest absolute Gasteiger partial charge is 0.336 e. The fourth-order valence-corrected chi connectivity index (χ4v) is 4.52. The van der Waals surface area contributed by atoms with E-state index in [9.17, 15) is 9.59 Å². The van der Waals surface area contributed by atoms with Gasteiger partial charge in [-0.2, -0.15) is 0 Å². The second kappa shape index (κ2) is 24.2. The van der Waals surface area contributed by atoms with E-state index < -0.39 is 11.9 Å². The number of carbonyl (C=O) groups is 2. The van der Waals surface area contributed by atoms with Crippen LogP contribution in [0.15, 0.2) is 36.4 Å². The fraction of sp³-hybridized carbons (Fsp3) is 0.697. The highest BCUT2D eigenvalue weighted by Gasteiger charge is 2.07. The molecule has 37 heavy (non-hydrogen) atoms. The predicted octanol–water partition coefficient (Wildman–Crippen LogP) is 9.69. The Labute approximate surface area is 227 Å². The van der Waals surface area contributed by atoms with Crippen molar-refractivity contribution >= 4 is 11.9 Å². The Balaban J connectivity index is 1.98. The van der Waals surface area contributed by atoms with Crippen LogP contribution in [0.3, 0.4) is 0 Å². The predicted molar refractivity (Wildman–Crippen MR) is 155 cm³/mol. The molecule has 4 heteroatoms. The average Bonchev–Trinajstić information content (AvgIpc) is 2.90. The Morgan fingerprint density at radius 3 is 1.62 bits per heavy atom. The van der Waals surface area contributed by atoms with Crippen LogP contribution in [-0.2, 0) is 20.7 Å². The van der Waals surface area contributed by atoms with Crippen molar-refractivity contribution in [3.05, 3.63) is 42.0 Å². The summed E-state index contributed by atoms with van der Waals surface area (Å²) in [5.74, 6) is -0.480. The second-order valence-corrected chi connectivity index (χ2v) is 10.3. The lowest BCUT2D eigenvalue weighted by Gasteiger charge is -2.08. The molecule has 4 nitrogen and oxygen atoms in total. The fourth-order valence-electron chi connectivity index (χ4n) is 4.52. The summed E-state index contributed by atoms with van der Waals surface area (Å²) in [5.41, 5.74) is 1.02. The van der Waals surface area contributed by atoms with Gasteiger partial charge in [-0.3, -0.25) is 0 Å². The van der Waals surface area contributed by atoms with Crippen molar-refractivity contribution in [2.45, 2.75) is 142 Å². The van der Waals surface area contributed by atoms with Crippen LogP contribution >= 0.6 is 0 Å². The van der Waals surface area contributed by atoms with Crippen molar-refractivity contribution in [1.82, 2.24) is 0 Å². The third-order valence-corrected chi connectivity index (χ3v) is 6.83. The van der Waals surface area contributed by atoms with Crippen molar-refractivity contribution in [3.63, 3.8) is 0 Å². The lowest BCUT2D eigenvalue weighted by molar-refractivity contribution is -0.138. The van der Waals surface area contributed by atoms with E-state index in [4.69, 9.17) is 9.47 Å². The van der Waals surface area contributed by atoms with Crippen LogP contribution in [0.1, 0.15) is 141 Å². The van der Waals surface area contributed by atoms with Crippen molar-refractivity contribution in [3.8, 4) is 5.75 Å². The van der Waals surface area contributed by atoms with Gasteiger partial charge in [-0.05, 0) is 30.9 Å². The minimum atomic E-state index is -0.553. The molecule has 0 amide bonds.